The number of amides is 1. The van der Waals surface area contributed by atoms with Gasteiger partial charge in [0.2, 0.25) is 0 Å². The number of hydrogen-bond donors (Lipinski definition) is 2. The number of carbonyl (C=O) groups excluding carboxylic acids is 1. The number of ether oxygens (including phenoxy) is 2. The third-order valence-electron chi connectivity index (χ3n) is 3.17. The summed E-state index contributed by atoms with van der Waals surface area (Å²) in [6, 6.07) is 8.39. The van der Waals surface area contributed by atoms with Crippen molar-refractivity contribution in [3.05, 3.63) is 46.4 Å². The van der Waals surface area contributed by atoms with Crippen molar-refractivity contribution in [2.24, 2.45) is 0 Å². The van der Waals surface area contributed by atoms with Gasteiger partial charge in [-0.2, -0.15) is 0 Å². The maximum absolute atomic E-state index is 12.6. The molecule has 7 nitrogen and oxygen atoms in total. The van der Waals surface area contributed by atoms with Crippen LogP contribution in [0.2, 0.25) is 10.0 Å². The summed E-state index contributed by atoms with van der Waals surface area (Å²) in [5.74, 6) is 0.276. The zero-order chi connectivity index (χ0) is 19.3. The number of carbonyl (C=O) groups is 1. The predicted molar refractivity (Wildman–Crippen MR) is 101 cm³/mol. The molecule has 0 fully saturated rings. The molecule has 0 aliphatic carbocycles. The number of nitrogens with one attached hydrogen (secondary N) is 2. The molecule has 10 heteroatoms. The van der Waals surface area contributed by atoms with Crippen molar-refractivity contribution in [3.8, 4) is 5.75 Å². The maximum Gasteiger partial charge on any atom is 0.411 e. The zero-order valence-corrected chi connectivity index (χ0v) is 16.2. The second kappa shape index (κ2) is 8.48. The van der Waals surface area contributed by atoms with Gasteiger partial charge in [-0.1, -0.05) is 23.2 Å². The van der Waals surface area contributed by atoms with E-state index in [1.165, 1.54) is 43.5 Å². The first-order chi connectivity index (χ1) is 12.3. The quantitative estimate of drug-likeness (QED) is 0.725. The fourth-order valence-corrected chi connectivity index (χ4v) is 3.50. The summed E-state index contributed by atoms with van der Waals surface area (Å²) in [5.41, 5.74) is 0.279. The van der Waals surface area contributed by atoms with Crippen molar-refractivity contribution in [2.45, 2.75) is 11.8 Å². The molecule has 0 aliphatic rings. The molecule has 0 saturated carbocycles. The van der Waals surface area contributed by atoms with Crippen LogP contribution in [0.4, 0.5) is 16.2 Å². The Bertz CT molecular complexity index is 919. The number of hydrogen-bond acceptors (Lipinski definition) is 5. The third kappa shape index (κ3) is 4.94. The molecule has 0 aromatic heterocycles. The summed E-state index contributed by atoms with van der Waals surface area (Å²) < 4.78 is 37.5. The molecule has 140 valence electrons. The second-order valence-electron chi connectivity index (χ2n) is 4.94. The number of sulfonamides is 1. The fourth-order valence-electron chi connectivity index (χ4n) is 2.01. The molecule has 0 radical (unpaired) electrons. The van der Waals surface area contributed by atoms with Gasteiger partial charge in [0, 0.05) is 5.02 Å². The van der Waals surface area contributed by atoms with Crippen molar-refractivity contribution in [1.82, 2.24) is 0 Å². The van der Waals surface area contributed by atoms with E-state index in [1.54, 1.807) is 6.92 Å². The van der Waals surface area contributed by atoms with E-state index in [9.17, 15) is 13.2 Å². The van der Waals surface area contributed by atoms with Gasteiger partial charge in [0.15, 0.2) is 0 Å². The average Bonchev–Trinajstić information content (AvgIpc) is 2.58. The van der Waals surface area contributed by atoms with Gasteiger partial charge in [0.25, 0.3) is 10.0 Å². The van der Waals surface area contributed by atoms with Crippen LogP contribution in [0.5, 0.6) is 5.75 Å². The highest BCUT2D eigenvalue weighted by molar-refractivity contribution is 7.92. The molecule has 2 aromatic carbocycles. The van der Waals surface area contributed by atoms with Gasteiger partial charge < -0.3 is 9.47 Å². The highest BCUT2D eigenvalue weighted by Gasteiger charge is 2.19. The molecular formula is C16H16Cl2N2O5S. The lowest BCUT2D eigenvalue weighted by atomic mass is 10.3. The van der Waals surface area contributed by atoms with Crippen molar-refractivity contribution < 1.29 is 22.7 Å². The Kier molecular flexibility index (Phi) is 6.57. The number of anilines is 2. The number of rotatable bonds is 6. The van der Waals surface area contributed by atoms with Crippen LogP contribution in [0.3, 0.4) is 0 Å². The third-order valence-corrected chi connectivity index (χ3v) is 5.09. The van der Waals surface area contributed by atoms with Crippen molar-refractivity contribution >= 4 is 50.7 Å². The van der Waals surface area contributed by atoms with E-state index in [0.29, 0.717) is 5.02 Å². The minimum atomic E-state index is -3.99. The average molecular weight is 419 g/mol. The molecular weight excluding hydrogens is 403 g/mol. The summed E-state index contributed by atoms with van der Waals surface area (Å²) >= 11 is 11.9. The normalized spacial score (nSPS) is 10.9. The Labute approximate surface area is 161 Å². The van der Waals surface area contributed by atoms with Crippen LogP contribution in [0.1, 0.15) is 6.92 Å². The van der Waals surface area contributed by atoms with Crippen molar-refractivity contribution in [1.29, 1.82) is 0 Å². The van der Waals surface area contributed by atoms with Gasteiger partial charge in [-0.25, -0.2) is 13.2 Å². The first-order valence-corrected chi connectivity index (χ1v) is 9.60. The highest BCUT2D eigenvalue weighted by atomic mass is 35.5. The molecule has 2 rings (SSSR count). The number of halogens is 2. The van der Waals surface area contributed by atoms with Crippen LogP contribution in [0.25, 0.3) is 0 Å². The molecule has 26 heavy (non-hydrogen) atoms. The second-order valence-corrected chi connectivity index (χ2v) is 7.46. The highest BCUT2D eigenvalue weighted by Crippen LogP contribution is 2.31. The smallest absolute Gasteiger partial charge is 0.411 e. The Morgan fingerprint density at radius 3 is 2.50 bits per heavy atom. The Morgan fingerprint density at radius 1 is 1.12 bits per heavy atom. The van der Waals surface area contributed by atoms with E-state index in [-0.39, 0.29) is 33.6 Å². The van der Waals surface area contributed by atoms with Gasteiger partial charge in [-0.3, -0.25) is 10.0 Å². The van der Waals surface area contributed by atoms with Crippen LogP contribution in [-0.2, 0) is 14.8 Å². The van der Waals surface area contributed by atoms with Gasteiger partial charge in [0.1, 0.15) is 5.75 Å². The number of methoxy groups -OCH3 is 1. The summed E-state index contributed by atoms with van der Waals surface area (Å²) in [6.45, 7) is 1.82. The van der Waals surface area contributed by atoms with Crippen LogP contribution in [0.15, 0.2) is 41.3 Å². The van der Waals surface area contributed by atoms with Crippen LogP contribution >= 0.6 is 23.2 Å². The molecule has 0 atom stereocenters. The largest absolute Gasteiger partial charge is 0.495 e. The first-order valence-electron chi connectivity index (χ1n) is 7.36. The lowest BCUT2D eigenvalue weighted by Crippen LogP contribution is -2.16. The van der Waals surface area contributed by atoms with Gasteiger partial charge in [-0.15, -0.1) is 0 Å². The lowest BCUT2D eigenvalue weighted by molar-refractivity contribution is 0.168. The fraction of sp³-hybridized carbons (Fsp3) is 0.188. The molecule has 0 unspecified atom stereocenters. The molecule has 2 N–H and O–H groups in total. The van der Waals surface area contributed by atoms with E-state index in [1.807, 2.05) is 0 Å². The van der Waals surface area contributed by atoms with Gasteiger partial charge in [-0.05, 0) is 43.3 Å². The molecule has 0 heterocycles. The Balaban J connectivity index is 2.36. The minimum Gasteiger partial charge on any atom is -0.495 e. The van der Waals surface area contributed by atoms with Crippen molar-refractivity contribution in [2.75, 3.05) is 23.8 Å². The van der Waals surface area contributed by atoms with E-state index < -0.39 is 16.1 Å². The Hall–Kier alpha value is -2.16. The molecule has 2 aromatic rings. The molecule has 0 spiro atoms. The standard InChI is InChI=1S/C16H16Cl2N2O5S/c1-3-25-16(21)19-14-9-11(5-7-15(14)24-2)26(22,23)20-13-8-10(17)4-6-12(13)18/h4-9,20H,3H2,1-2H3,(H,19,21). The zero-order valence-electron chi connectivity index (χ0n) is 13.9. The molecule has 0 saturated heterocycles. The van der Waals surface area contributed by atoms with Crippen LogP contribution in [0, 0.1) is 0 Å². The predicted octanol–water partition coefficient (Wildman–Crippen LogP) is 4.37. The van der Waals surface area contributed by atoms with Crippen molar-refractivity contribution in [3.63, 3.8) is 0 Å². The first kappa shape index (κ1) is 20.2. The van der Waals surface area contributed by atoms with Crippen LogP contribution in [-0.4, -0.2) is 28.2 Å². The summed E-state index contributed by atoms with van der Waals surface area (Å²) in [5, 5.41) is 2.95. The monoisotopic (exact) mass is 418 g/mol. The summed E-state index contributed by atoms with van der Waals surface area (Å²) in [4.78, 5) is 11.5. The van der Waals surface area contributed by atoms with E-state index in [4.69, 9.17) is 32.7 Å². The number of benzene rings is 2. The molecule has 0 bridgehead atoms. The van der Waals surface area contributed by atoms with Gasteiger partial charge >= 0.3 is 6.09 Å². The molecule has 0 aliphatic heterocycles. The Morgan fingerprint density at radius 2 is 1.85 bits per heavy atom. The van der Waals surface area contributed by atoms with E-state index >= 15 is 0 Å². The minimum absolute atomic E-state index is 0.110. The SMILES string of the molecule is CCOC(=O)Nc1cc(S(=O)(=O)Nc2cc(Cl)ccc2Cl)ccc1OC. The lowest BCUT2D eigenvalue weighted by Gasteiger charge is -2.14. The van der Waals surface area contributed by atoms with E-state index in [2.05, 4.69) is 10.0 Å². The molecule has 1 amide bonds. The van der Waals surface area contributed by atoms with Gasteiger partial charge in [0.05, 0.1) is 35.0 Å². The maximum atomic E-state index is 12.6. The topological polar surface area (TPSA) is 93.7 Å². The summed E-state index contributed by atoms with van der Waals surface area (Å²) in [6.07, 6.45) is -0.730. The van der Waals surface area contributed by atoms with Crippen LogP contribution < -0.4 is 14.8 Å². The summed E-state index contributed by atoms with van der Waals surface area (Å²) in [7, 11) is -2.60. The van der Waals surface area contributed by atoms with E-state index in [0.717, 1.165) is 0 Å².